The maximum atomic E-state index is 13.1. The zero-order valence-corrected chi connectivity index (χ0v) is 14.9. The Balaban J connectivity index is 2.37. The number of rotatable bonds is 4. The number of hydrogen-bond acceptors (Lipinski definition) is 3. The Bertz CT molecular complexity index is 740. The van der Waals surface area contributed by atoms with Crippen LogP contribution in [0.1, 0.15) is 15.9 Å². The lowest BCUT2D eigenvalue weighted by atomic mass is 10.1. The molecule has 0 unspecified atom stereocenters. The lowest BCUT2D eigenvalue weighted by Gasteiger charge is -2.15. The molecule has 2 rings (SSSR count). The van der Waals surface area contributed by atoms with Crippen LogP contribution in [0.3, 0.4) is 0 Å². The number of amides is 1. The van der Waals surface area contributed by atoms with Crippen LogP contribution < -0.4 is 14.8 Å². The molecule has 0 fully saturated rings. The van der Waals surface area contributed by atoms with Gasteiger partial charge in [0.25, 0.3) is 5.91 Å². The molecule has 0 spiro atoms. The van der Waals surface area contributed by atoms with Crippen molar-refractivity contribution in [3.8, 4) is 11.5 Å². The average molecular weight is 451 g/mol. The van der Waals surface area contributed by atoms with Gasteiger partial charge in [-0.15, -0.1) is 0 Å². The van der Waals surface area contributed by atoms with Crippen molar-refractivity contribution in [2.24, 2.45) is 0 Å². The molecule has 0 aliphatic heterocycles. The number of methoxy groups -OCH3 is 2. The Morgan fingerprint density at radius 3 is 2.12 bits per heavy atom. The van der Waals surface area contributed by atoms with Gasteiger partial charge in [-0.1, -0.05) is 0 Å². The maximum absolute atomic E-state index is 13.1. The van der Waals surface area contributed by atoms with Crippen molar-refractivity contribution in [1.29, 1.82) is 0 Å². The summed E-state index contributed by atoms with van der Waals surface area (Å²) in [5, 5.41) is 2.29. The first-order valence-electron chi connectivity index (χ1n) is 6.65. The van der Waals surface area contributed by atoms with Crippen LogP contribution in [-0.4, -0.2) is 20.1 Å². The largest absolute Gasteiger partial charge is 0.497 e. The minimum absolute atomic E-state index is 0.123. The van der Waals surface area contributed by atoms with E-state index in [1.807, 2.05) is 0 Å². The summed E-state index contributed by atoms with van der Waals surface area (Å²) in [5.41, 5.74) is -1.09. The number of halogens is 4. The monoisotopic (exact) mass is 451 g/mol. The first-order chi connectivity index (χ1) is 11.2. The van der Waals surface area contributed by atoms with Crippen LogP contribution in [0.5, 0.6) is 11.5 Å². The first kappa shape index (κ1) is 18.4. The van der Waals surface area contributed by atoms with Gasteiger partial charge in [-0.25, -0.2) is 0 Å². The Hall–Kier alpha value is -1.97. The topological polar surface area (TPSA) is 47.6 Å². The van der Waals surface area contributed by atoms with E-state index in [1.54, 1.807) is 28.7 Å². The smallest absolute Gasteiger partial charge is 0.418 e. The van der Waals surface area contributed by atoms with Gasteiger partial charge in [-0.2, -0.15) is 13.2 Å². The zero-order chi connectivity index (χ0) is 17.9. The quantitative estimate of drug-likeness (QED) is 0.693. The van der Waals surface area contributed by atoms with E-state index in [1.165, 1.54) is 38.5 Å². The van der Waals surface area contributed by atoms with E-state index in [0.717, 1.165) is 6.07 Å². The van der Waals surface area contributed by atoms with Crippen LogP contribution in [0.15, 0.2) is 36.4 Å². The van der Waals surface area contributed by atoms with Gasteiger partial charge >= 0.3 is 6.18 Å². The van der Waals surface area contributed by atoms with E-state index in [0.29, 0.717) is 15.1 Å². The molecule has 4 nitrogen and oxygen atoms in total. The maximum Gasteiger partial charge on any atom is 0.418 e. The second-order valence-corrected chi connectivity index (χ2v) is 5.99. The summed E-state index contributed by atoms with van der Waals surface area (Å²) in [5.74, 6) is 0.0234. The molecule has 2 aromatic carbocycles. The van der Waals surface area contributed by atoms with Gasteiger partial charge in [-0.05, 0) is 52.9 Å². The van der Waals surface area contributed by atoms with Crippen LogP contribution in [-0.2, 0) is 6.18 Å². The fourth-order valence-electron chi connectivity index (χ4n) is 1.99. The number of hydrogen-bond donors (Lipinski definition) is 1. The number of alkyl halides is 3. The minimum atomic E-state index is -4.57. The molecule has 0 radical (unpaired) electrons. The summed E-state index contributed by atoms with van der Waals surface area (Å²) in [6.45, 7) is 0. The van der Waals surface area contributed by atoms with Crippen LogP contribution in [0.4, 0.5) is 18.9 Å². The predicted octanol–water partition coefficient (Wildman–Crippen LogP) is 4.58. The number of carbonyl (C=O) groups is 1. The van der Waals surface area contributed by atoms with Crippen LogP contribution in [0.25, 0.3) is 0 Å². The van der Waals surface area contributed by atoms with Gasteiger partial charge in [-0.3, -0.25) is 4.79 Å². The lowest BCUT2D eigenvalue weighted by molar-refractivity contribution is -0.137. The summed E-state index contributed by atoms with van der Waals surface area (Å²) < 4.78 is 49.9. The van der Waals surface area contributed by atoms with Crippen LogP contribution in [0, 0.1) is 3.57 Å². The van der Waals surface area contributed by atoms with Crippen molar-refractivity contribution in [2.45, 2.75) is 6.18 Å². The highest BCUT2D eigenvalue weighted by Crippen LogP contribution is 2.36. The third kappa shape index (κ3) is 4.31. The molecule has 0 heterocycles. The SMILES string of the molecule is COc1cc(OC)cc(C(=O)Nc2ccc(I)cc2C(F)(F)F)c1. The Kier molecular flexibility index (Phi) is 5.58. The van der Waals surface area contributed by atoms with Crippen molar-refractivity contribution in [1.82, 2.24) is 0 Å². The summed E-state index contributed by atoms with van der Waals surface area (Å²) in [7, 11) is 2.83. The third-order valence-electron chi connectivity index (χ3n) is 3.15. The second kappa shape index (κ2) is 7.29. The molecule has 8 heteroatoms. The van der Waals surface area contributed by atoms with Crippen molar-refractivity contribution in [2.75, 3.05) is 19.5 Å². The highest BCUT2D eigenvalue weighted by atomic mass is 127. The molecular formula is C16H13F3INO3. The number of carbonyl (C=O) groups excluding carboxylic acids is 1. The van der Waals surface area contributed by atoms with Gasteiger partial charge in [0.05, 0.1) is 25.5 Å². The third-order valence-corrected chi connectivity index (χ3v) is 3.82. The summed E-state index contributed by atoms with van der Waals surface area (Å²) in [6.07, 6.45) is -4.57. The van der Waals surface area contributed by atoms with Crippen molar-refractivity contribution < 1.29 is 27.4 Å². The van der Waals surface area contributed by atoms with Crippen molar-refractivity contribution in [3.63, 3.8) is 0 Å². The highest BCUT2D eigenvalue weighted by Gasteiger charge is 2.34. The fraction of sp³-hybridized carbons (Fsp3) is 0.188. The molecule has 0 aromatic heterocycles. The zero-order valence-electron chi connectivity index (χ0n) is 12.7. The molecule has 2 aromatic rings. The number of benzene rings is 2. The highest BCUT2D eigenvalue weighted by molar-refractivity contribution is 14.1. The first-order valence-corrected chi connectivity index (χ1v) is 7.73. The molecule has 0 aliphatic rings. The van der Waals surface area contributed by atoms with Crippen molar-refractivity contribution >= 4 is 34.2 Å². The number of nitrogens with one attached hydrogen (secondary N) is 1. The van der Waals surface area contributed by atoms with Crippen LogP contribution >= 0.6 is 22.6 Å². The van der Waals surface area contributed by atoms with Crippen molar-refractivity contribution in [3.05, 3.63) is 51.1 Å². The van der Waals surface area contributed by atoms with E-state index in [-0.39, 0.29) is 11.3 Å². The molecule has 0 atom stereocenters. The Morgan fingerprint density at radius 2 is 1.62 bits per heavy atom. The number of ether oxygens (including phenoxy) is 2. The van der Waals surface area contributed by atoms with Gasteiger partial charge in [0.1, 0.15) is 11.5 Å². The second-order valence-electron chi connectivity index (χ2n) is 4.74. The standard InChI is InChI=1S/C16H13F3INO3/c1-23-11-5-9(6-12(8-11)24-2)15(22)21-14-4-3-10(20)7-13(14)16(17,18)19/h3-8H,1-2H3,(H,21,22). The van der Waals surface area contributed by atoms with E-state index in [2.05, 4.69) is 5.32 Å². The van der Waals surface area contributed by atoms with Crippen LogP contribution in [0.2, 0.25) is 0 Å². The fourth-order valence-corrected chi connectivity index (χ4v) is 2.48. The normalized spacial score (nSPS) is 11.1. The molecule has 1 amide bonds. The lowest BCUT2D eigenvalue weighted by Crippen LogP contribution is -2.17. The van der Waals surface area contributed by atoms with E-state index < -0.39 is 17.6 Å². The van der Waals surface area contributed by atoms with E-state index in [4.69, 9.17) is 9.47 Å². The molecule has 0 saturated heterocycles. The van der Waals surface area contributed by atoms with Gasteiger partial charge in [0.2, 0.25) is 0 Å². The van der Waals surface area contributed by atoms with Gasteiger partial charge < -0.3 is 14.8 Å². The summed E-state index contributed by atoms with van der Waals surface area (Å²) in [6, 6.07) is 8.07. The van der Waals surface area contributed by atoms with E-state index in [9.17, 15) is 18.0 Å². The molecular weight excluding hydrogens is 438 g/mol. The predicted molar refractivity (Wildman–Crippen MR) is 91.7 cm³/mol. The molecule has 1 N–H and O–H groups in total. The summed E-state index contributed by atoms with van der Waals surface area (Å²) >= 11 is 1.78. The van der Waals surface area contributed by atoms with E-state index >= 15 is 0 Å². The molecule has 24 heavy (non-hydrogen) atoms. The van der Waals surface area contributed by atoms with Gasteiger partial charge in [0.15, 0.2) is 0 Å². The minimum Gasteiger partial charge on any atom is -0.497 e. The Morgan fingerprint density at radius 1 is 1.04 bits per heavy atom. The number of anilines is 1. The van der Waals surface area contributed by atoms with Gasteiger partial charge in [0, 0.05) is 15.2 Å². The molecule has 128 valence electrons. The summed E-state index contributed by atoms with van der Waals surface area (Å²) in [4.78, 5) is 12.3. The molecule has 0 aliphatic carbocycles. The molecule has 0 saturated carbocycles. The average Bonchev–Trinajstić information content (AvgIpc) is 2.54. The Labute approximate surface area is 150 Å². The molecule has 0 bridgehead atoms.